The van der Waals surface area contributed by atoms with E-state index < -0.39 is 35.3 Å². The van der Waals surface area contributed by atoms with Gasteiger partial charge in [-0.2, -0.15) is 26.3 Å². The van der Waals surface area contributed by atoms with Gasteiger partial charge in [0.25, 0.3) is 0 Å². The minimum absolute atomic E-state index is 0.135. The van der Waals surface area contributed by atoms with Crippen molar-refractivity contribution in [1.82, 2.24) is 15.5 Å². The van der Waals surface area contributed by atoms with Crippen LogP contribution in [-0.2, 0) is 4.74 Å². The lowest BCUT2D eigenvalue weighted by molar-refractivity contribution is -0.295. The van der Waals surface area contributed by atoms with Gasteiger partial charge in [-0.15, -0.1) is 10.2 Å². The zero-order chi connectivity index (χ0) is 18.1. The molecule has 0 saturated carbocycles. The van der Waals surface area contributed by atoms with Crippen molar-refractivity contribution in [3.63, 3.8) is 0 Å². The first-order valence-electron chi connectivity index (χ1n) is 5.99. The van der Waals surface area contributed by atoms with Crippen molar-refractivity contribution in [3.8, 4) is 0 Å². The maximum absolute atomic E-state index is 13.2. The molecule has 0 radical (unpaired) electrons. The number of alkyl halides is 6. The van der Waals surface area contributed by atoms with Crippen LogP contribution in [0.15, 0.2) is 0 Å². The van der Waals surface area contributed by atoms with Crippen molar-refractivity contribution in [2.24, 2.45) is 0 Å². The van der Waals surface area contributed by atoms with Crippen LogP contribution >= 0.6 is 11.3 Å². The third kappa shape index (κ3) is 4.36. The molecule has 6 nitrogen and oxygen atoms in total. The summed E-state index contributed by atoms with van der Waals surface area (Å²) in [4.78, 5) is 11.4. The first-order chi connectivity index (χ1) is 10.3. The van der Waals surface area contributed by atoms with Crippen molar-refractivity contribution < 1.29 is 35.9 Å². The Bertz CT molecular complexity index is 542. The average molecular weight is 366 g/mol. The van der Waals surface area contributed by atoms with Crippen LogP contribution in [0.25, 0.3) is 0 Å². The van der Waals surface area contributed by atoms with Crippen LogP contribution in [0.1, 0.15) is 18.9 Å². The third-order valence-corrected chi connectivity index (χ3v) is 3.06. The topological polar surface area (TPSA) is 76.1 Å². The van der Waals surface area contributed by atoms with Gasteiger partial charge in [-0.05, 0) is 20.8 Å². The Kier molecular flexibility index (Phi) is 5.34. The fourth-order valence-electron chi connectivity index (χ4n) is 1.38. The van der Waals surface area contributed by atoms with Crippen LogP contribution in [0, 0.1) is 6.92 Å². The molecule has 0 bridgehead atoms. The highest BCUT2D eigenvalue weighted by Gasteiger charge is 2.73. The summed E-state index contributed by atoms with van der Waals surface area (Å²) in [5.74, 6) is 0. The highest BCUT2D eigenvalue weighted by molar-refractivity contribution is 7.15. The molecule has 1 aromatic heterocycles. The van der Waals surface area contributed by atoms with E-state index in [1.54, 1.807) is 0 Å². The summed E-state index contributed by atoms with van der Waals surface area (Å²) >= 11 is 0.462. The summed E-state index contributed by atoms with van der Waals surface area (Å²) < 4.78 is 83.3. The van der Waals surface area contributed by atoms with E-state index in [2.05, 4.69) is 14.9 Å². The number of carbonyl (C=O) groups excluding carboxylic acids is 1. The van der Waals surface area contributed by atoms with Crippen LogP contribution < -0.4 is 10.6 Å². The van der Waals surface area contributed by atoms with Crippen LogP contribution in [0.4, 0.5) is 36.3 Å². The number of halogens is 6. The van der Waals surface area contributed by atoms with Crippen LogP contribution in [0.2, 0.25) is 0 Å². The molecule has 13 heteroatoms. The molecule has 0 atom stereocenters. The zero-order valence-electron chi connectivity index (χ0n) is 12.0. The molecule has 0 aromatic carbocycles. The summed E-state index contributed by atoms with van der Waals surface area (Å²) in [5.41, 5.74) is -4.77. The van der Waals surface area contributed by atoms with Crippen LogP contribution in [0.3, 0.4) is 0 Å². The zero-order valence-corrected chi connectivity index (χ0v) is 12.8. The van der Waals surface area contributed by atoms with E-state index in [0.717, 1.165) is 5.32 Å². The van der Waals surface area contributed by atoms with Gasteiger partial charge in [0.1, 0.15) is 5.01 Å². The minimum Gasteiger partial charge on any atom is -0.447 e. The number of ether oxygens (including phenoxy) is 1. The van der Waals surface area contributed by atoms with Gasteiger partial charge in [0.05, 0.1) is 6.10 Å². The number of carbonyl (C=O) groups is 1. The van der Waals surface area contributed by atoms with E-state index in [1.165, 1.54) is 26.1 Å². The number of hydrogen-bond acceptors (Lipinski definition) is 6. The van der Waals surface area contributed by atoms with Crippen molar-refractivity contribution in [2.45, 2.75) is 44.9 Å². The minimum atomic E-state index is -5.93. The summed E-state index contributed by atoms with van der Waals surface area (Å²) in [6.07, 6.45) is -14.7. The molecular formula is C10H12F6N4O2S. The number of alkyl carbamates (subject to hydrolysis) is 1. The lowest BCUT2D eigenvalue weighted by Gasteiger charge is -2.37. The normalized spacial score (nSPS) is 13.1. The van der Waals surface area contributed by atoms with E-state index in [1.807, 2.05) is 0 Å². The van der Waals surface area contributed by atoms with E-state index >= 15 is 0 Å². The van der Waals surface area contributed by atoms with Gasteiger partial charge >= 0.3 is 24.1 Å². The van der Waals surface area contributed by atoms with Crippen molar-refractivity contribution in [3.05, 3.63) is 5.01 Å². The Labute approximate surface area is 130 Å². The molecule has 1 heterocycles. The maximum atomic E-state index is 13.2. The number of aryl methyl sites for hydroxylation is 1. The van der Waals surface area contributed by atoms with E-state index in [0.29, 0.717) is 11.3 Å². The molecule has 0 fully saturated rings. The highest BCUT2D eigenvalue weighted by atomic mass is 32.1. The molecule has 132 valence electrons. The molecule has 1 amide bonds. The smallest absolute Gasteiger partial charge is 0.439 e. The molecule has 1 rings (SSSR count). The molecule has 0 spiro atoms. The van der Waals surface area contributed by atoms with Crippen LogP contribution in [0.5, 0.6) is 0 Å². The number of rotatable bonds is 4. The number of aromatic nitrogens is 2. The highest BCUT2D eigenvalue weighted by Crippen LogP contribution is 2.43. The summed E-state index contributed by atoms with van der Waals surface area (Å²) in [6, 6.07) is 0. The second kappa shape index (κ2) is 6.37. The van der Waals surface area contributed by atoms with Gasteiger partial charge in [0.2, 0.25) is 5.13 Å². The van der Waals surface area contributed by atoms with Gasteiger partial charge in [0, 0.05) is 0 Å². The van der Waals surface area contributed by atoms with Crippen molar-refractivity contribution in [2.75, 3.05) is 5.32 Å². The van der Waals surface area contributed by atoms with Gasteiger partial charge in [-0.1, -0.05) is 11.3 Å². The number of anilines is 1. The average Bonchev–Trinajstić information content (AvgIpc) is 2.69. The summed E-state index contributed by atoms with van der Waals surface area (Å²) in [5, 5.41) is 7.85. The molecule has 1 aromatic rings. The first-order valence-corrected chi connectivity index (χ1v) is 6.80. The molecule has 0 aliphatic heterocycles. The molecule has 0 saturated heterocycles. The Morgan fingerprint density at radius 1 is 1.13 bits per heavy atom. The van der Waals surface area contributed by atoms with Gasteiger partial charge < -0.3 is 10.1 Å². The number of nitrogens with zero attached hydrogens (tertiary/aromatic N) is 2. The predicted molar refractivity (Wildman–Crippen MR) is 67.9 cm³/mol. The quantitative estimate of drug-likeness (QED) is 0.632. The molecule has 0 aliphatic carbocycles. The van der Waals surface area contributed by atoms with Gasteiger partial charge in [-0.3, -0.25) is 5.32 Å². The molecule has 23 heavy (non-hydrogen) atoms. The first kappa shape index (κ1) is 19.3. The Morgan fingerprint density at radius 2 is 1.65 bits per heavy atom. The fourth-order valence-corrected chi connectivity index (χ4v) is 2.03. The second-order valence-electron chi connectivity index (χ2n) is 4.58. The molecular weight excluding hydrogens is 354 g/mol. The van der Waals surface area contributed by atoms with Gasteiger partial charge in [0.15, 0.2) is 0 Å². The molecule has 2 N–H and O–H groups in total. The largest absolute Gasteiger partial charge is 0.447 e. The predicted octanol–water partition coefficient (Wildman–Crippen LogP) is 3.21. The summed E-state index contributed by atoms with van der Waals surface area (Å²) in [6.45, 7) is 3.88. The molecule has 0 unspecified atom stereocenters. The van der Waals surface area contributed by atoms with Crippen molar-refractivity contribution in [1.29, 1.82) is 0 Å². The van der Waals surface area contributed by atoms with Gasteiger partial charge in [-0.25, -0.2) is 4.79 Å². The maximum Gasteiger partial charge on any atom is 0.439 e. The lowest BCUT2D eigenvalue weighted by atomic mass is 10.1. The summed E-state index contributed by atoms with van der Waals surface area (Å²) in [7, 11) is 0. The monoisotopic (exact) mass is 366 g/mol. The second-order valence-corrected chi connectivity index (χ2v) is 5.76. The number of amides is 1. The Balaban J connectivity index is 3.28. The van der Waals surface area contributed by atoms with E-state index in [-0.39, 0.29) is 5.01 Å². The number of nitrogens with one attached hydrogen (secondary N) is 2. The molecule has 0 aliphatic rings. The standard InChI is InChI=1S/C10H12F6N4O2S/c1-4(2)22-7(21)18-8(9(11,12)13,10(14,15)16)17-6-20-19-5(3)23-6/h4H,1-3H3,(H,17,20)(H,18,21). The number of hydrogen-bond donors (Lipinski definition) is 2. The fraction of sp³-hybridized carbons (Fsp3) is 0.700. The third-order valence-electron chi connectivity index (χ3n) is 2.30. The van der Waals surface area contributed by atoms with Crippen LogP contribution in [-0.4, -0.2) is 40.4 Å². The van der Waals surface area contributed by atoms with E-state index in [4.69, 9.17) is 0 Å². The van der Waals surface area contributed by atoms with Crippen molar-refractivity contribution >= 4 is 22.6 Å². The Hall–Kier alpha value is -1.79. The Morgan fingerprint density at radius 3 is 2.00 bits per heavy atom. The SMILES string of the molecule is Cc1nnc(NC(NC(=O)OC(C)C)(C(F)(F)F)C(F)(F)F)s1. The lowest BCUT2D eigenvalue weighted by Crippen LogP contribution is -2.72. The van der Waals surface area contributed by atoms with E-state index in [9.17, 15) is 31.1 Å².